The number of ether oxygens (including phenoxy) is 1. The summed E-state index contributed by atoms with van der Waals surface area (Å²) in [5.74, 6) is -0.827. The topological polar surface area (TPSA) is 75.7 Å². The van der Waals surface area contributed by atoms with Gasteiger partial charge in [0.05, 0.1) is 17.6 Å². The van der Waals surface area contributed by atoms with Crippen LogP contribution in [-0.2, 0) is 9.53 Å². The molecule has 1 aliphatic rings. The largest absolute Gasteiger partial charge is 0.465 e. The minimum Gasteiger partial charge on any atom is -0.465 e. The summed E-state index contributed by atoms with van der Waals surface area (Å²) in [4.78, 5) is 39.0. The lowest BCUT2D eigenvalue weighted by Gasteiger charge is -2.23. The van der Waals surface area contributed by atoms with Crippen molar-refractivity contribution in [1.82, 2.24) is 4.90 Å². The fraction of sp³-hybridized carbons (Fsp3) is 0.278. The van der Waals surface area contributed by atoms with E-state index in [1.165, 1.54) is 18.4 Å². The summed E-state index contributed by atoms with van der Waals surface area (Å²) in [5.41, 5.74) is 0.863. The number of amides is 2. The summed E-state index contributed by atoms with van der Waals surface area (Å²) in [6.45, 7) is 0.566. The van der Waals surface area contributed by atoms with Crippen molar-refractivity contribution in [2.24, 2.45) is 0 Å². The van der Waals surface area contributed by atoms with E-state index in [0.717, 1.165) is 6.42 Å². The van der Waals surface area contributed by atoms with Gasteiger partial charge in [-0.05, 0) is 42.5 Å². The Bertz CT molecular complexity index is 788. The Morgan fingerprint density at radius 2 is 2.08 bits per heavy atom. The van der Waals surface area contributed by atoms with Crippen molar-refractivity contribution in [2.45, 2.75) is 18.9 Å². The van der Waals surface area contributed by atoms with Crippen molar-refractivity contribution in [1.29, 1.82) is 0 Å². The van der Waals surface area contributed by atoms with Crippen molar-refractivity contribution < 1.29 is 19.1 Å². The van der Waals surface area contributed by atoms with Gasteiger partial charge < -0.3 is 15.0 Å². The molecule has 0 spiro atoms. The van der Waals surface area contributed by atoms with Crippen LogP contribution in [-0.4, -0.2) is 42.4 Å². The highest BCUT2D eigenvalue weighted by atomic mass is 32.1. The molecule has 1 aromatic heterocycles. The van der Waals surface area contributed by atoms with E-state index in [0.29, 0.717) is 29.1 Å². The number of anilines is 1. The van der Waals surface area contributed by atoms with Crippen molar-refractivity contribution in [2.75, 3.05) is 19.0 Å². The van der Waals surface area contributed by atoms with E-state index in [9.17, 15) is 14.4 Å². The van der Waals surface area contributed by atoms with E-state index >= 15 is 0 Å². The Morgan fingerprint density at radius 3 is 2.80 bits per heavy atom. The summed E-state index contributed by atoms with van der Waals surface area (Å²) < 4.78 is 4.68. The second kappa shape index (κ2) is 7.48. The van der Waals surface area contributed by atoms with Gasteiger partial charge in [-0.2, -0.15) is 0 Å². The van der Waals surface area contributed by atoms with Gasteiger partial charge in [0, 0.05) is 12.2 Å². The number of hydrogen-bond acceptors (Lipinski definition) is 5. The number of esters is 1. The number of thiophene rings is 1. The molecule has 7 heteroatoms. The number of nitrogens with one attached hydrogen (secondary N) is 1. The quantitative estimate of drug-likeness (QED) is 0.853. The molecule has 130 valence electrons. The van der Waals surface area contributed by atoms with Gasteiger partial charge >= 0.3 is 5.97 Å². The minimum absolute atomic E-state index is 0.115. The molecule has 2 amide bonds. The van der Waals surface area contributed by atoms with E-state index < -0.39 is 12.0 Å². The summed E-state index contributed by atoms with van der Waals surface area (Å²) in [6, 6.07) is 9.63. The summed E-state index contributed by atoms with van der Waals surface area (Å²) in [5, 5.41) is 4.64. The van der Waals surface area contributed by atoms with Gasteiger partial charge in [0.15, 0.2) is 0 Å². The average molecular weight is 358 g/mol. The van der Waals surface area contributed by atoms with Crippen molar-refractivity contribution in [3.05, 3.63) is 52.2 Å². The van der Waals surface area contributed by atoms with Crippen LogP contribution >= 0.6 is 11.3 Å². The van der Waals surface area contributed by atoms with Crippen LogP contribution in [0.4, 0.5) is 5.69 Å². The zero-order valence-corrected chi connectivity index (χ0v) is 14.5. The third-order valence-corrected chi connectivity index (χ3v) is 4.96. The van der Waals surface area contributed by atoms with Crippen LogP contribution in [0.15, 0.2) is 41.8 Å². The number of likely N-dealkylation sites (tertiary alicyclic amines) is 1. The molecule has 0 saturated carbocycles. The average Bonchev–Trinajstić information content (AvgIpc) is 3.32. The van der Waals surface area contributed by atoms with E-state index in [1.807, 2.05) is 11.4 Å². The SMILES string of the molecule is COC(=O)c1cccc(NC(=O)[C@@H]2CCCN2C(=O)c2cccs2)c1. The molecule has 1 aliphatic heterocycles. The first-order valence-electron chi connectivity index (χ1n) is 7.94. The molecule has 0 bridgehead atoms. The van der Waals surface area contributed by atoms with Crippen molar-refractivity contribution >= 4 is 34.8 Å². The fourth-order valence-electron chi connectivity index (χ4n) is 2.89. The predicted octanol–water partition coefficient (Wildman–Crippen LogP) is 2.78. The number of hydrogen-bond donors (Lipinski definition) is 1. The maximum absolute atomic E-state index is 12.6. The second-order valence-corrected chi connectivity index (χ2v) is 6.64. The Labute approximate surface area is 149 Å². The zero-order valence-electron chi connectivity index (χ0n) is 13.7. The maximum Gasteiger partial charge on any atom is 0.337 e. The van der Waals surface area contributed by atoms with Gasteiger partial charge in [-0.3, -0.25) is 9.59 Å². The molecule has 6 nitrogen and oxygen atoms in total. The van der Waals surface area contributed by atoms with Gasteiger partial charge in [-0.25, -0.2) is 4.79 Å². The third kappa shape index (κ3) is 3.71. The van der Waals surface area contributed by atoms with Crippen LogP contribution in [0.1, 0.15) is 32.9 Å². The standard InChI is InChI=1S/C18H18N2O4S/c1-24-18(23)12-5-2-6-13(11-12)19-16(21)14-7-3-9-20(14)17(22)15-8-4-10-25-15/h2,4-6,8,10-11,14H,3,7,9H2,1H3,(H,19,21)/t14-/m0/s1. The molecule has 1 atom stereocenters. The van der Waals surface area contributed by atoms with Gasteiger partial charge in [0.2, 0.25) is 5.91 Å². The molecule has 0 aliphatic carbocycles. The van der Waals surface area contributed by atoms with E-state index in [1.54, 1.807) is 35.2 Å². The maximum atomic E-state index is 12.6. The Kier molecular flexibility index (Phi) is 5.14. The smallest absolute Gasteiger partial charge is 0.337 e. The lowest BCUT2D eigenvalue weighted by atomic mass is 10.1. The lowest BCUT2D eigenvalue weighted by Crippen LogP contribution is -2.42. The molecule has 2 aromatic rings. The first-order chi connectivity index (χ1) is 12.1. The molecule has 2 heterocycles. The van der Waals surface area contributed by atoms with Crippen LogP contribution in [0.3, 0.4) is 0 Å². The normalized spacial score (nSPS) is 16.5. The van der Waals surface area contributed by atoms with E-state index in [4.69, 9.17) is 0 Å². The molecule has 1 saturated heterocycles. The molecular weight excluding hydrogens is 340 g/mol. The zero-order chi connectivity index (χ0) is 17.8. The third-order valence-electron chi connectivity index (χ3n) is 4.10. The molecule has 1 N–H and O–H groups in total. The molecule has 1 aromatic carbocycles. The van der Waals surface area contributed by atoms with Crippen LogP contribution in [0.2, 0.25) is 0 Å². The van der Waals surface area contributed by atoms with Gasteiger partial charge in [0.1, 0.15) is 6.04 Å². The number of benzene rings is 1. The molecular formula is C18H18N2O4S. The number of carbonyl (C=O) groups excluding carboxylic acids is 3. The van der Waals surface area contributed by atoms with Gasteiger partial charge in [0.25, 0.3) is 5.91 Å². The van der Waals surface area contributed by atoms with Crippen LogP contribution in [0.25, 0.3) is 0 Å². The summed E-state index contributed by atoms with van der Waals surface area (Å²) in [6.07, 6.45) is 1.41. The Morgan fingerprint density at radius 1 is 1.24 bits per heavy atom. The number of nitrogens with zero attached hydrogens (tertiary/aromatic N) is 1. The van der Waals surface area contributed by atoms with Crippen molar-refractivity contribution in [3.8, 4) is 0 Å². The Balaban J connectivity index is 1.72. The predicted molar refractivity (Wildman–Crippen MR) is 94.8 cm³/mol. The monoisotopic (exact) mass is 358 g/mol. The number of carbonyl (C=O) groups is 3. The van der Waals surface area contributed by atoms with E-state index in [-0.39, 0.29) is 11.8 Å². The number of rotatable bonds is 4. The highest BCUT2D eigenvalue weighted by Crippen LogP contribution is 2.23. The fourth-order valence-corrected chi connectivity index (χ4v) is 3.57. The summed E-state index contributed by atoms with van der Waals surface area (Å²) >= 11 is 1.37. The van der Waals surface area contributed by atoms with Gasteiger partial charge in [-0.15, -0.1) is 11.3 Å². The summed E-state index contributed by atoms with van der Waals surface area (Å²) in [7, 11) is 1.31. The molecule has 1 fully saturated rings. The van der Waals surface area contributed by atoms with Crippen molar-refractivity contribution in [3.63, 3.8) is 0 Å². The first-order valence-corrected chi connectivity index (χ1v) is 8.82. The molecule has 3 rings (SSSR count). The first kappa shape index (κ1) is 17.2. The van der Waals surface area contributed by atoms with E-state index in [2.05, 4.69) is 10.1 Å². The van der Waals surface area contributed by atoms with Crippen LogP contribution < -0.4 is 5.32 Å². The van der Waals surface area contributed by atoms with Gasteiger partial charge in [-0.1, -0.05) is 12.1 Å². The minimum atomic E-state index is -0.503. The Hall–Kier alpha value is -2.67. The highest BCUT2D eigenvalue weighted by Gasteiger charge is 2.34. The van der Waals surface area contributed by atoms with Crippen LogP contribution in [0.5, 0.6) is 0 Å². The number of methoxy groups -OCH3 is 1. The molecule has 0 radical (unpaired) electrons. The highest BCUT2D eigenvalue weighted by molar-refractivity contribution is 7.12. The second-order valence-electron chi connectivity index (χ2n) is 5.70. The lowest BCUT2D eigenvalue weighted by molar-refractivity contribution is -0.119. The molecule has 25 heavy (non-hydrogen) atoms. The molecule has 0 unspecified atom stereocenters. The van der Waals surface area contributed by atoms with Crippen LogP contribution in [0, 0.1) is 0 Å².